The van der Waals surface area contributed by atoms with E-state index in [1.807, 2.05) is 0 Å². The minimum atomic E-state index is -0.603. The van der Waals surface area contributed by atoms with E-state index in [4.69, 9.17) is 16.3 Å². The van der Waals surface area contributed by atoms with Gasteiger partial charge in [-0.15, -0.1) is 5.75 Å². The predicted molar refractivity (Wildman–Crippen MR) is 81.3 cm³/mol. The molecule has 0 spiro atoms. The second-order valence-electron chi connectivity index (χ2n) is 4.57. The number of carbonyl (C=O) groups excluding carboxylic acids is 1. The van der Waals surface area contributed by atoms with Gasteiger partial charge in [-0.3, -0.25) is 14.9 Å². The van der Waals surface area contributed by atoms with Gasteiger partial charge in [-0.2, -0.15) is 0 Å². The van der Waals surface area contributed by atoms with Crippen LogP contribution in [0.1, 0.15) is 5.56 Å². The van der Waals surface area contributed by atoms with Crippen LogP contribution in [-0.2, 0) is 11.3 Å². The maximum absolute atomic E-state index is 11.7. The normalized spacial score (nSPS) is 10.1. The van der Waals surface area contributed by atoms with Crippen LogP contribution in [0.4, 0.5) is 5.69 Å². The zero-order valence-electron chi connectivity index (χ0n) is 11.8. The van der Waals surface area contributed by atoms with Crippen molar-refractivity contribution in [2.75, 3.05) is 6.61 Å². The van der Waals surface area contributed by atoms with Gasteiger partial charge < -0.3 is 15.2 Å². The lowest BCUT2D eigenvalue weighted by Crippen LogP contribution is -2.28. The highest BCUT2D eigenvalue weighted by Crippen LogP contribution is 2.20. The highest BCUT2D eigenvalue weighted by atomic mass is 35.5. The molecule has 0 radical (unpaired) electrons. The molecule has 7 nitrogen and oxygen atoms in total. The summed E-state index contributed by atoms with van der Waals surface area (Å²) >= 11 is 5.73. The lowest BCUT2D eigenvalue weighted by Gasteiger charge is -2.13. The van der Waals surface area contributed by atoms with Crippen LogP contribution in [-0.4, -0.2) is 17.4 Å². The average molecular weight is 336 g/mol. The standard InChI is InChI=1S/C15H13ClN2O5/c16-11-1-4-13(5-2-11)23-9-15(20)17-8-10-7-12(18(21)22)3-6-14(10)19/h1-7,19H,8-9H2,(H,17,20)/p-1. The number of nitrogens with zero attached hydrogens (tertiary/aromatic N) is 1. The van der Waals surface area contributed by atoms with Crippen molar-refractivity contribution in [3.8, 4) is 11.5 Å². The third kappa shape index (κ3) is 4.86. The molecule has 1 amide bonds. The number of hydrogen-bond donors (Lipinski definition) is 1. The van der Waals surface area contributed by atoms with Crippen LogP contribution in [0.15, 0.2) is 42.5 Å². The molecule has 0 unspecified atom stereocenters. The first kappa shape index (κ1) is 16.6. The first-order valence-electron chi connectivity index (χ1n) is 6.55. The molecule has 8 heteroatoms. The molecule has 0 heterocycles. The molecule has 0 bridgehead atoms. The Morgan fingerprint density at radius 1 is 1.22 bits per heavy atom. The molecular weight excluding hydrogens is 324 g/mol. The Kier molecular flexibility index (Phi) is 5.37. The molecule has 23 heavy (non-hydrogen) atoms. The molecule has 0 saturated carbocycles. The smallest absolute Gasteiger partial charge is 0.269 e. The predicted octanol–water partition coefficient (Wildman–Crippen LogP) is 2.02. The van der Waals surface area contributed by atoms with E-state index in [0.717, 1.165) is 18.2 Å². The molecule has 0 fully saturated rings. The summed E-state index contributed by atoms with van der Waals surface area (Å²) in [6.07, 6.45) is 0. The highest BCUT2D eigenvalue weighted by Gasteiger charge is 2.08. The van der Waals surface area contributed by atoms with Gasteiger partial charge in [0.2, 0.25) is 0 Å². The Morgan fingerprint density at radius 2 is 1.91 bits per heavy atom. The van der Waals surface area contributed by atoms with E-state index < -0.39 is 10.8 Å². The highest BCUT2D eigenvalue weighted by molar-refractivity contribution is 6.30. The summed E-state index contributed by atoms with van der Waals surface area (Å²) in [6, 6.07) is 9.85. The quantitative estimate of drug-likeness (QED) is 0.642. The van der Waals surface area contributed by atoms with Crippen molar-refractivity contribution >= 4 is 23.2 Å². The van der Waals surface area contributed by atoms with Crippen molar-refractivity contribution in [1.82, 2.24) is 5.32 Å². The van der Waals surface area contributed by atoms with Crippen LogP contribution >= 0.6 is 11.6 Å². The van der Waals surface area contributed by atoms with Gasteiger partial charge in [-0.05, 0) is 29.8 Å². The van der Waals surface area contributed by atoms with Crippen LogP contribution in [0.5, 0.6) is 11.5 Å². The third-order valence-corrected chi connectivity index (χ3v) is 3.17. The summed E-state index contributed by atoms with van der Waals surface area (Å²) < 4.78 is 5.25. The molecule has 0 atom stereocenters. The fourth-order valence-electron chi connectivity index (χ4n) is 1.74. The molecule has 0 aromatic heterocycles. The number of amides is 1. The van der Waals surface area contributed by atoms with Crippen LogP contribution in [0, 0.1) is 10.1 Å². The van der Waals surface area contributed by atoms with E-state index in [1.165, 1.54) is 0 Å². The van der Waals surface area contributed by atoms with Crippen LogP contribution in [0.2, 0.25) is 5.02 Å². The number of rotatable bonds is 6. The maximum atomic E-state index is 11.7. The number of hydrogen-bond acceptors (Lipinski definition) is 5. The molecule has 1 N–H and O–H groups in total. The average Bonchev–Trinajstić information content (AvgIpc) is 2.53. The van der Waals surface area contributed by atoms with E-state index in [0.29, 0.717) is 10.8 Å². The van der Waals surface area contributed by atoms with Gasteiger partial charge in [0.15, 0.2) is 6.61 Å². The summed E-state index contributed by atoms with van der Waals surface area (Å²) in [5.74, 6) is -0.357. The summed E-state index contributed by atoms with van der Waals surface area (Å²) in [6.45, 7) is -0.353. The number of nitrogens with one attached hydrogen (secondary N) is 1. The van der Waals surface area contributed by atoms with Gasteiger partial charge in [0, 0.05) is 23.7 Å². The van der Waals surface area contributed by atoms with E-state index >= 15 is 0 Å². The van der Waals surface area contributed by atoms with Gasteiger partial charge in [0.25, 0.3) is 11.6 Å². The van der Waals surface area contributed by atoms with E-state index in [2.05, 4.69) is 5.32 Å². The molecule has 0 aliphatic heterocycles. The minimum absolute atomic E-state index is 0.108. The number of halogens is 1. The van der Waals surface area contributed by atoms with Crippen molar-refractivity contribution in [2.24, 2.45) is 0 Å². The minimum Gasteiger partial charge on any atom is -0.872 e. The molecule has 2 rings (SSSR count). The first-order valence-corrected chi connectivity index (χ1v) is 6.93. The third-order valence-electron chi connectivity index (χ3n) is 2.91. The summed E-state index contributed by atoms with van der Waals surface area (Å²) in [7, 11) is 0. The van der Waals surface area contributed by atoms with Gasteiger partial charge >= 0.3 is 0 Å². The summed E-state index contributed by atoms with van der Waals surface area (Å²) in [4.78, 5) is 21.8. The number of ether oxygens (including phenoxy) is 1. The molecule has 0 saturated heterocycles. The second-order valence-corrected chi connectivity index (χ2v) is 5.00. The van der Waals surface area contributed by atoms with Gasteiger partial charge in [0.1, 0.15) is 5.75 Å². The van der Waals surface area contributed by atoms with Crippen molar-refractivity contribution in [3.05, 3.63) is 63.2 Å². The van der Waals surface area contributed by atoms with Gasteiger partial charge in [-0.25, -0.2) is 0 Å². The topological polar surface area (TPSA) is 105 Å². The lowest BCUT2D eigenvalue weighted by molar-refractivity contribution is -0.385. The summed E-state index contributed by atoms with van der Waals surface area (Å²) in [5, 5.41) is 25.3. The van der Waals surface area contributed by atoms with E-state index in [1.54, 1.807) is 24.3 Å². The van der Waals surface area contributed by atoms with Gasteiger partial charge in [0.05, 0.1) is 4.92 Å². The molecule has 120 valence electrons. The van der Waals surface area contributed by atoms with Crippen LogP contribution in [0.3, 0.4) is 0 Å². The second kappa shape index (κ2) is 7.46. The Morgan fingerprint density at radius 3 is 2.57 bits per heavy atom. The van der Waals surface area contributed by atoms with E-state index in [9.17, 15) is 20.0 Å². The molecule has 2 aromatic rings. The monoisotopic (exact) mass is 335 g/mol. The maximum Gasteiger partial charge on any atom is 0.269 e. The molecule has 2 aromatic carbocycles. The van der Waals surface area contributed by atoms with Crippen molar-refractivity contribution < 1.29 is 19.6 Å². The lowest BCUT2D eigenvalue weighted by atomic mass is 10.2. The molecular formula is C15H12ClN2O5-. The fraction of sp³-hybridized carbons (Fsp3) is 0.133. The Labute approximate surface area is 136 Å². The van der Waals surface area contributed by atoms with Crippen molar-refractivity contribution in [3.63, 3.8) is 0 Å². The first-order chi connectivity index (χ1) is 11.0. The van der Waals surface area contributed by atoms with E-state index in [-0.39, 0.29) is 30.2 Å². The number of benzene rings is 2. The van der Waals surface area contributed by atoms with Gasteiger partial charge in [-0.1, -0.05) is 17.7 Å². The number of nitro groups is 1. The zero-order valence-corrected chi connectivity index (χ0v) is 12.6. The number of carbonyl (C=O) groups is 1. The zero-order chi connectivity index (χ0) is 16.8. The number of non-ortho nitro benzene ring substituents is 1. The van der Waals surface area contributed by atoms with Crippen LogP contribution < -0.4 is 15.2 Å². The Balaban J connectivity index is 1.88. The Bertz CT molecular complexity index is 718. The molecule has 0 aliphatic carbocycles. The Hall–Kier alpha value is -2.80. The fourth-order valence-corrected chi connectivity index (χ4v) is 1.87. The van der Waals surface area contributed by atoms with Crippen molar-refractivity contribution in [2.45, 2.75) is 6.54 Å². The largest absolute Gasteiger partial charge is 0.872 e. The SMILES string of the molecule is O=C(COc1ccc(Cl)cc1)NCc1cc([N+](=O)[O-])ccc1[O-]. The van der Waals surface area contributed by atoms with Crippen LogP contribution in [0.25, 0.3) is 0 Å². The summed E-state index contributed by atoms with van der Waals surface area (Å²) in [5.41, 5.74) is -0.0645. The molecule has 0 aliphatic rings. The number of nitro benzene ring substituents is 1. The van der Waals surface area contributed by atoms with Crippen molar-refractivity contribution in [1.29, 1.82) is 0 Å².